The summed E-state index contributed by atoms with van der Waals surface area (Å²) in [6, 6.07) is 0. The molecular weight excluding hydrogens is 234 g/mol. The molecule has 0 aromatic carbocycles. The normalized spacial score (nSPS) is 25.5. The van der Waals surface area contributed by atoms with E-state index < -0.39 is 0 Å². The number of piperidine rings is 1. The van der Waals surface area contributed by atoms with E-state index in [0.29, 0.717) is 5.92 Å². The van der Waals surface area contributed by atoms with E-state index in [1.165, 1.54) is 69.8 Å². The van der Waals surface area contributed by atoms with Crippen LogP contribution in [0.15, 0.2) is 6.20 Å². The zero-order valence-corrected chi connectivity index (χ0v) is 12.4. The van der Waals surface area contributed by atoms with Crippen molar-refractivity contribution in [3.8, 4) is 0 Å². The van der Waals surface area contributed by atoms with Gasteiger partial charge in [0, 0.05) is 24.9 Å². The van der Waals surface area contributed by atoms with Crippen LogP contribution in [0.1, 0.15) is 57.0 Å². The number of rotatable bonds is 3. The average Bonchev–Trinajstić information content (AvgIpc) is 2.84. The summed E-state index contributed by atoms with van der Waals surface area (Å²) in [5, 5.41) is 0. The van der Waals surface area contributed by atoms with Crippen LogP contribution in [0.3, 0.4) is 0 Å². The van der Waals surface area contributed by atoms with E-state index in [-0.39, 0.29) is 0 Å². The van der Waals surface area contributed by atoms with E-state index in [1.54, 1.807) is 0 Å². The van der Waals surface area contributed by atoms with Gasteiger partial charge >= 0.3 is 0 Å². The van der Waals surface area contributed by atoms with Gasteiger partial charge in [-0.15, -0.1) is 0 Å². The van der Waals surface area contributed by atoms with Crippen molar-refractivity contribution in [1.82, 2.24) is 14.5 Å². The maximum Gasteiger partial charge on any atom is 0.109 e. The molecule has 3 heterocycles. The van der Waals surface area contributed by atoms with Crippen LogP contribution >= 0.6 is 0 Å². The first-order valence-electron chi connectivity index (χ1n) is 8.04. The van der Waals surface area contributed by atoms with Crippen LogP contribution in [-0.2, 0) is 13.0 Å². The molecule has 2 aliphatic heterocycles. The lowest BCUT2D eigenvalue weighted by atomic mass is 9.93. The first-order valence-corrected chi connectivity index (χ1v) is 8.04. The van der Waals surface area contributed by atoms with E-state index in [1.807, 2.05) is 0 Å². The second kappa shape index (κ2) is 5.66. The van der Waals surface area contributed by atoms with Crippen molar-refractivity contribution in [2.24, 2.45) is 5.92 Å². The number of fused-ring (bicyclic) bond motifs is 1. The van der Waals surface area contributed by atoms with Gasteiger partial charge in [-0.25, -0.2) is 4.98 Å². The minimum Gasteiger partial charge on any atom is -0.332 e. The molecule has 0 aliphatic carbocycles. The molecule has 1 aromatic heterocycles. The summed E-state index contributed by atoms with van der Waals surface area (Å²) in [6.45, 7) is 9.59. The molecule has 1 unspecified atom stereocenters. The summed E-state index contributed by atoms with van der Waals surface area (Å²) in [4.78, 5) is 7.30. The Morgan fingerprint density at radius 2 is 2.00 bits per heavy atom. The summed E-state index contributed by atoms with van der Waals surface area (Å²) in [5.74, 6) is 2.92. The van der Waals surface area contributed by atoms with E-state index in [2.05, 4.69) is 29.5 Å². The Morgan fingerprint density at radius 3 is 2.74 bits per heavy atom. The summed E-state index contributed by atoms with van der Waals surface area (Å²) >= 11 is 0. The van der Waals surface area contributed by atoms with Crippen molar-refractivity contribution < 1.29 is 0 Å². The van der Waals surface area contributed by atoms with Gasteiger partial charge in [-0.05, 0) is 57.2 Å². The van der Waals surface area contributed by atoms with Crippen molar-refractivity contribution >= 4 is 0 Å². The highest BCUT2D eigenvalue weighted by atomic mass is 15.1. The van der Waals surface area contributed by atoms with Gasteiger partial charge in [0.25, 0.3) is 0 Å². The topological polar surface area (TPSA) is 21.1 Å². The highest BCUT2D eigenvalue weighted by Crippen LogP contribution is 2.29. The number of hydrogen-bond donors (Lipinski definition) is 0. The highest BCUT2D eigenvalue weighted by Gasteiger charge is 2.23. The van der Waals surface area contributed by atoms with Crippen LogP contribution in [-0.4, -0.2) is 34.1 Å². The molecule has 19 heavy (non-hydrogen) atoms. The van der Waals surface area contributed by atoms with Gasteiger partial charge < -0.3 is 9.47 Å². The van der Waals surface area contributed by atoms with Gasteiger partial charge in [0.15, 0.2) is 0 Å². The minimum absolute atomic E-state index is 0.705. The standard InChI is InChI=1S/C16H27N3/c1-3-18-9-6-14(7-10-18)11-16-17-12-15-13(2)5-4-8-19(15)16/h12-14H,3-11H2,1-2H3. The first kappa shape index (κ1) is 13.2. The monoisotopic (exact) mass is 261 g/mol. The van der Waals surface area contributed by atoms with E-state index in [4.69, 9.17) is 4.98 Å². The zero-order valence-electron chi connectivity index (χ0n) is 12.4. The lowest BCUT2D eigenvalue weighted by molar-refractivity contribution is 0.190. The molecule has 3 heteroatoms. The fourth-order valence-corrected chi connectivity index (χ4v) is 3.71. The largest absolute Gasteiger partial charge is 0.332 e. The summed E-state index contributed by atoms with van der Waals surface area (Å²) in [7, 11) is 0. The van der Waals surface area contributed by atoms with Crippen molar-refractivity contribution in [3.05, 3.63) is 17.7 Å². The molecule has 1 atom stereocenters. The molecule has 0 radical (unpaired) electrons. The van der Waals surface area contributed by atoms with E-state index >= 15 is 0 Å². The molecule has 3 rings (SSSR count). The average molecular weight is 261 g/mol. The fourth-order valence-electron chi connectivity index (χ4n) is 3.71. The van der Waals surface area contributed by atoms with Crippen LogP contribution < -0.4 is 0 Å². The van der Waals surface area contributed by atoms with Crippen LogP contribution in [0.5, 0.6) is 0 Å². The number of likely N-dealkylation sites (tertiary alicyclic amines) is 1. The smallest absolute Gasteiger partial charge is 0.109 e. The quantitative estimate of drug-likeness (QED) is 0.834. The van der Waals surface area contributed by atoms with Gasteiger partial charge in [0.05, 0.1) is 0 Å². The lowest BCUT2D eigenvalue weighted by Gasteiger charge is -2.31. The second-order valence-electron chi connectivity index (χ2n) is 6.38. The molecular formula is C16H27N3. The molecule has 1 saturated heterocycles. The Hall–Kier alpha value is -0.830. The maximum atomic E-state index is 4.73. The van der Waals surface area contributed by atoms with Gasteiger partial charge in [0.1, 0.15) is 5.82 Å². The summed E-state index contributed by atoms with van der Waals surface area (Å²) in [6.07, 6.45) is 8.70. The van der Waals surface area contributed by atoms with Gasteiger partial charge in [-0.2, -0.15) is 0 Å². The minimum atomic E-state index is 0.705. The molecule has 0 saturated carbocycles. The Balaban J connectivity index is 1.65. The number of nitrogens with zero attached hydrogens (tertiary/aromatic N) is 3. The Bertz CT molecular complexity index is 416. The molecule has 3 nitrogen and oxygen atoms in total. The third kappa shape index (κ3) is 2.71. The van der Waals surface area contributed by atoms with Gasteiger partial charge in [0.2, 0.25) is 0 Å². The first-order chi connectivity index (χ1) is 9.28. The van der Waals surface area contributed by atoms with Crippen molar-refractivity contribution in [1.29, 1.82) is 0 Å². The molecule has 0 amide bonds. The lowest BCUT2D eigenvalue weighted by Crippen LogP contribution is -2.34. The molecule has 2 aliphatic rings. The summed E-state index contributed by atoms with van der Waals surface area (Å²) in [5.41, 5.74) is 1.48. The van der Waals surface area contributed by atoms with Crippen LogP contribution in [0.2, 0.25) is 0 Å². The van der Waals surface area contributed by atoms with Crippen LogP contribution in [0.25, 0.3) is 0 Å². The van der Waals surface area contributed by atoms with Crippen LogP contribution in [0, 0.1) is 5.92 Å². The van der Waals surface area contributed by atoms with Gasteiger partial charge in [-0.3, -0.25) is 0 Å². The maximum absolute atomic E-state index is 4.73. The van der Waals surface area contributed by atoms with Gasteiger partial charge in [-0.1, -0.05) is 13.8 Å². The SMILES string of the molecule is CCN1CCC(Cc2ncc3n2CCCC3C)CC1. The number of imidazole rings is 1. The Kier molecular flexibility index (Phi) is 3.92. The Morgan fingerprint density at radius 1 is 1.21 bits per heavy atom. The third-order valence-corrected chi connectivity index (χ3v) is 5.12. The van der Waals surface area contributed by atoms with E-state index in [0.717, 1.165) is 5.92 Å². The predicted molar refractivity (Wildman–Crippen MR) is 78.4 cm³/mol. The molecule has 106 valence electrons. The molecule has 1 aromatic rings. The zero-order chi connectivity index (χ0) is 13.2. The third-order valence-electron chi connectivity index (χ3n) is 5.12. The van der Waals surface area contributed by atoms with Crippen molar-refractivity contribution in [3.63, 3.8) is 0 Å². The second-order valence-corrected chi connectivity index (χ2v) is 6.38. The number of hydrogen-bond acceptors (Lipinski definition) is 2. The molecule has 0 N–H and O–H groups in total. The fraction of sp³-hybridized carbons (Fsp3) is 0.812. The summed E-state index contributed by atoms with van der Waals surface area (Å²) < 4.78 is 2.51. The number of aromatic nitrogens is 2. The molecule has 0 bridgehead atoms. The van der Waals surface area contributed by atoms with Crippen molar-refractivity contribution in [2.75, 3.05) is 19.6 Å². The highest BCUT2D eigenvalue weighted by molar-refractivity contribution is 5.13. The molecule has 0 spiro atoms. The van der Waals surface area contributed by atoms with Crippen LogP contribution in [0.4, 0.5) is 0 Å². The van der Waals surface area contributed by atoms with E-state index in [9.17, 15) is 0 Å². The predicted octanol–water partition coefficient (Wildman–Crippen LogP) is 3.05. The molecule has 1 fully saturated rings. The van der Waals surface area contributed by atoms with Crippen molar-refractivity contribution in [2.45, 2.75) is 58.4 Å². The Labute approximate surface area is 117 Å².